The lowest BCUT2D eigenvalue weighted by molar-refractivity contribution is 0.304. The van der Waals surface area contributed by atoms with Gasteiger partial charge < -0.3 is 4.74 Å². The first kappa shape index (κ1) is 12.0. The lowest BCUT2D eigenvalue weighted by Crippen LogP contribution is -2.34. The molecule has 2 aliphatic rings. The molecule has 3 N–H and O–H groups in total. The van der Waals surface area contributed by atoms with Crippen molar-refractivity contribution >= 4 is 0 Å². The molecule has 18 heavy (non-hydrogen) atoms. The fourth-order valence-corrected chi connectivity index (χ4v) is 3.54. The van der Waals surface area contributed by atoms with Crippen LogP contribution < -0.4 is 16.0 Å². The summed E-state index contributed by atoms with van der Waals surface area (Å²) in [6, 6.07) is 6.83. The number of fused-ring (bicyclic) bond motifs is 1. The SMILES string of the molecule is CC1CCCC1C(NN)c1ccc2c(c1)CCO2. The number of hydrogen-bond acceptors (Lipinski definition) is 3. The van der Waals surface area contributed by atoms with E-state index >= 15 is 0 Å². The molecule has 3 unspecified atom stereocenters. The summed E-state index contributed by atoms with van der Waals surface area (Å²) in [6.07, 6.45) is 4.97. The third-order valence-corrected chi connectivity index (χ3v) is 4.61. The number of nitrogens with two attached hydrogens (primary N) is 1. The molecule has 3 rings (SSSR count). The van der Waals surface area contributed by atoms with Crippen molar-refractivity contribution in [3.8, 4) is 5.75 Å². The molecule has 1 aromatic carbocycles. The van der Waals surface area contributed by atoms with Gasteiger partial charge in [0, 0.05) is 12.5 Å². The maximum absolute atomic E-state index is 5.81. The van der Waals surface area contributed by atoms with E-state index in [2.05, 4.69) is 30.5 Å². The smallest absolute Gasteiger partial charge is 0.122 e. The van der Waals surface area contributed by atoms with Gasteiger partial charge in [0.2, 0.25) is 0 Å². The molecule has 98 valence electrons. The lowest BCUT2D eigenvalue weighted by atomic mass is 9.85. The fourth-order valence-electron chi connectivity index (χ4n) is 3.54. The van der Waals surface area contributed by atoms with Crippen molar-refractivity contribution in [3.63, 3.8) is 0 Å². The van der Waals surface area contributed by atoms with Crippen LogP contribution >= 0.6 is 0 Å². The van der Waals surface area contributed by atoms with Crippen LogP contribution in [0.2, 0.25) is 0 Å². The zero-order chi connectivity index (χ0) is 12.5. The van der Waals surface area contributed by atoms with Gasteiger partial charge in [0.1, 0.15) is 5.75 Å². The molecule has 0 bridgehead atoms. The molecular weight excluding hydrogens is 224 g/mol. The average molecular weight is 246 g/mol. The van der Waals surface area contributed by atoms with Gasteiger partial charge in [0.25, 0.3) is 0 Å². The van der Waals surface area contributed by atoms with Gasteiger partial charge in [-0.1, -0.05) is 31.9 Å². The minimum Gasteiger partial charge on any atom is -0.493 e. The summed E-state index contributed by atoms with van der Waals surface area (Å²) in [5.74, 6) is 8.28. The van der Waals surface area contributed by atoms with Crippen molar-refractivity contribution < 1.29 is 4.74 Å². The molecule has 3 nitrogen and oxygen atoms in total. The van der Waals surface area contributed by atoms with E-state index in [9.17, 15) is 0 Å². The molecule has 3 atom stereocenters. The Hall–Kier alpha value is -1.06. The van der Waals surface area contributed by atoms with E-state index in [-0.39, 0.29) is 6.04 Å². The van der Waals surface area contributed by atoms with Crippen molar-refractivity contribution in [1.82, 2.24) is 5.43 Å². The van der Waals surface area contributed by atoms with Gasteiger partial charge in [0.15, 0.2) is 0 Å². The predicted octanol–water partition coefficient (Wildman–Crippen LogP) is 2.56. The van der Waals surface area contributed by atoms with Crippen LogP contribution in [-0.2, 0) is 6.42 Å². The summed E-state index contributed by atoms with van der Waals surface area (Å²) in [4.78, 5) is 0. The van der Waals surface area contributed by atoms with Gasteiger partial charge in [-0.15, -0.1) is 0 Å². The van der Waals surface area contributed by atoms with Gasteiger partial charge in [0.05, 0.1) is 6.61 Å². The molecule has 1 aliphatic heterocycles. The zero-order valence-electron chi connectivity index (χ0n) is 11.0. The molecule has 1 heterocycles. The molecule has 0 saturated heterocycles. The Morgan fingerprint density at radius 2 is 2.28 bits per heavy atom. The first-order valence-corrected chi connectivity index (χ1v) is 7.01. The fraction of sp³-hybridized carbons (Fsp3) is 0.600. The summed E-state index contributed by atoms with van der Waals surface area (Å²) < 4.78 is 5.56. The Morgan fingerprint density at radius 3 is 3.00 bits per heavy atom. The van der Waals surface area contributed by atoms with Crippen LogP contribution in [0, 0.1) is 11.8 Å². The summed E-state index contributed by atoms with van der Waals surface area (Å²) in [6.45, 7) is 3.16. The van der Waals surface area contributed by atoms with Crippen LogP contribution in [0.5, 0.6) is 5.75 Å². The summed E-state index contributed by atoms with van der Waals surface area (Å²) >= 11 is 0. The minimum atomic E-state index is 0.286. The molecule has 0 amide bonds. The van der Waals surface area contributed by atoms with Crippen LogP contribution in [-0.4, -0.2) is 6.61 Å². The van der Waals surface area contributed by atoms with Crippen molar-refractivity contribution in [3.05, 3.63) is 29.3 Å². The quantitative estimate of drug-likeness (QED) is 0.636. The maximum atomic E-state index is 5.81. The van der Waals surface area contributed by atoms with Crippen LogP contribution in [0.3, 0.4) is 0 Å². The monoisotopic (exact) mass is 246 g/mol. The number of nitrogens with one attached hydrogen (secondary N) is 1. The molecular formula is C15H22N2O. The lowest BCUT2D eigenvalue weighted by Gasteiger charge is -2.27. The Bertz CT molecular complexity index is 433. The molecule has 0 radical (unpaired) electrons. The van der Waals surface area contributed by atoms with Crippen LogP contribution in [0.25, 0.3) is 0 Å². The number of hydrogen-bond donors (Lipinski definition) is 2. The second-order valence-electron chi connectivity index (χ2n) is 5.68. The van der Waals surface area contributed by atoms with E-state index < -0.39 is 0 Å². The Morgan fingerprint density at radius 1 is 1.39 bits per heavy atom. The van der Waals surface area contributed by atoms with E-state index in [4.69, 9.17) is 10.6 Å². The third kappa shape index (κ3) is 2.02. The Labute approximate surface area is 109 Å². The first-order valence-electron chi connectivity index (χ1n) is 7.01. The van der Waals surface area contributed by atoms with Gasteiger partial charge in [-0.2, -0.15) is 0 Å². The van der Waals surface area contributed by atoms with Crippen molar-refractivity contribution in [2.24, 2.45) is 17.7 Å². The predicted molar refractivity (Wildman–Crippen MR) is 72.2 cm³/mol. The summed E-state index contributed by atoms with van der Waals surface area (Å²) in [7, 11) is 0. The highest BCUT2D eigenvalue weighted by atomic mass is 16.5. The van der Waals surface area contributed by atoms with E-state index in [1.54, 1.807) is 0 Å². The topological polar surface area (TPSA) is 47.3 Å². The molecule has 1 saturated carbocycles. The van der Waals surface area contributed by atoms with E-state index in [0.717, 1.165) is 24.7 Å². The number of benzene rings is 1. The second kappa shape index (κ2) is 4.90. The van der Waals surface area contributed by atoms with Gasteiger partial charge >= 0.3 is 0 Å². The minimum absolute atomic E-state index is 0.286. The standard InChI is InChI=1S/C15H22N2O/c1-10-3-2-4-13(10)15(17-16)12-5-6-14-11(9-12)7-8-18-14/h5-6,9-10,13,15,17H,2-4,7-8,16H2,1H3. The Kier molecular flexibility index (Phi) is 3.27. The van der Waals surface area contributed by atoms with E-state index in [0.29, 0.717) is 5.92 Å². The highest BCUT2D eigenvalue weighted by molar-refractivity contribution is 5.41. The molecule has 3 heteroatoms. The van der Waals surface area contributed by atoms with Crippen molar-refractivity contribution in [1.29, 1.82) is 0 Å². The maximum Gasteiger partial charge on any atom is 0.122 e. The molecule has 1 aliphatic carbocycles. The summed E-state index contributed by atoms with van der Waals surface area (Å²) in [5.41, 5.74) is 5.69. The largest absolute Gasteiger partial charge is 0.493 e. The van der Waals surface area contributed by atoms with Crippen LogP contribution in [0.15, 0.2) is 18.2 Å². The Balaban J connectivity index is 1.87. The highest BCUT2D eigenvalue weighted by Crippen LogP contribution is 2.40. The molecule has 0 spiro atoms. The van der Waals surface area contributed by atoms with E-state index in [1.807, 2.05) is 0 Å². The molecule has 0 aromatic heterocycles. The second-order valence-corrected chi connectivity index (χ2v) is 5.68. The first-order chi connectivity index (χ1) is 8.79. The summed E-state index contributed by atoms with van der Waals surface area (Å²) in [5, 5.41) is 0. The normalized spacial score (nSPS) is 27.9. The van der Waals surface area contributed by atoms with Crippen molar-refractivity contribution in [2.75, 3.05) is 6.61 Å². The number of hydrazine groups is 1. The van der Waals surface area contributed by atoms with Gasteiger partial charge in [-0.05, 0) is 35.4 Å². The van der Waals surface area contributed by atoms with Crippen molar-refractivity contribution in [2.45, 2.75) is 38.6 Å². The van der Waals surface area contributed by atoms with Gasteiger partial charge in [-0.25, -0.2) is 0 Å². The molecule has 1 fully saturated rings. The third-order valence-electron chi connectivity index (χ3n) is 4.61. The zero-order valence-corrected chi connectivity index (χ0v) is 11.0. The number of rotatable bonds is 3. The van der Waals surface area contributed by atoms with E-state index in [1.165, 1.54) is 30.4 Å². The highest BCUT2D eigenvalue weighted by Gasteiger charge is 2.31. The molecule has 1 aromatic rings. The van der Waals surface area contributed by atoms with Crippen LogP contribution in [0.1, 0.15) is 43.4 Å². The average Bonchev–Trinajstić information content (AvgIpc) is 2.99. The van der Waals surface area contributed by atoms with Crippen LogP contribution in [0.4, 0.5) is 0 Å². The van der Waals surface area contributed by atoms with Gasteiger partial charge in [-0.3, -0.25) is 11.3 Å². The number of ether oxygens (including phenoxy) is 1.